The number of thioether (sulfide) groups is 1. The molecule has 13 heavy (non-hydrogen) atoms. The van der Waals surface area contributed by atoms with E-state index >= 15 is 0 Å². The van der Waals surface area contributed by atoms with Crippen LogP contribution >= 0.6 is 11.8 Å². The minimum absolute atomic E-state index is 0.872. The second kappa shape index (κ2) is 7.65. The summed E-state index contributed by atoms with van der Waals surface area (Å²) in [6.07, 6.45) is 5.39. The van der Waals surface area contributed by atoms with Gasteiger partial charge in [-0.2, -0.15) is 11.8 Å². The number of hydrogen-bond acceptors (Lipinski definition) is 3. The summed E-state index contributed by atoms with van der Waals surface area (Å²) in [6, 6.07) is 0. The Hall–Kier alpha value is 0.270. The van der Waals surface area contributed by atoms with Gasteiger partial charge in [0.05, 0.1) is 0 Å². The normalized spacial score (nSPS) is 23.3. The Labute approximate surface area is 85.8 Å². The van der Waals surface area contributed by atoms with Gasteiger partial charge in [-0.05, 0) is 31.6 Å². The van der Waals surface area contributed by atoms with Crippen molar-refractivity contribution in [2.45, 2.75) is 30.9 Å². The maximum Gasteiger partial charge on any atom is 0.0474 e. The fourth-order valence-corrected chi connectivity index (χ4v) is 2.85. The molecule has 78 valence electrons. The van der Waals surface area contributed by atoms with Crippen molar-refractivity contribution in [3.05, 3.63) is 0 Å². The molecular weight excluding hydrogens is 182 g/mol. The van der Waals surface area contributed by atoms with Crippen molar-refractivity contribution in [2.24, 2.45) is 0 Å². The monoisotopic (exact) mass is 203 g/mol. The van der Waals surface area contributed by atoms with Crippen LogP contribution in [0.2, 0.25) is 0 Å². The second-order valence-electron chi connectivity index (χ2n) is 3.54. The first-order valence-corrected chi connectivity index (χ1v) is 6.29. The molecule has 1 N–H and O–H groups in total. The van der Waals surface area contributed by atoms with Crippen molar-refractivity contribution >= 4 is 11.8 Å². The Morgan fingerprint density at radius 1 is 1.46 bits per heavy atom. The Morgan fingerprint density at radius 2 is 2.38 bits per heavy atom. The number of methoxy groups -OCH3 is 1. The Morgan fingerprint density at radius 3 is 3.08 bits per heavy atom. The van der Waals surface area contributed by atoms with Crippen molar-refractivity contribution in [1.29, 1.82) is 0 Å². The summed E-state index contributed by atoms with van der Waals surface area (Å²) in [5.74, 6) is 1.37. The summed E-state index contributed by atoms with van der Waals surface area (Å²) < 4.78 is 4.99. The zero-order valence-electron chi connectivity index (χ0n) is 8.55. The van der Waals surface area contributed by atoms with Gasteiger partial charge in [-0.1, -0.05) is 6.42 Å². The van der Waals surface area contributed by atoms with Crippen molar-refractivity contribution in [3.8, 4) is 0 Å². The molecule has 0 radical (unpaired) electrons. The second-order valence-corrected chi connectivity index (χ2v) is 4.95. The zero-order valence-corrected chi connectivity index (χ0v) is 9.37. The first-order chi connectivity index (χ1) is 6.43. The lowest BCUT2D eigenvalue weighted by molar-refractivity contribution is 0.194. The van der Waals surface area contributed by atoms with Gasteiger partial charge in [0.1, 0.15) is 0 Å². The van der Waals surface area contributed by atoms with Crippen LogP contribution in [0.4, 0.5) is 0 Å². The Kier molecular flexibility index (Phi) is 6.68. The van der Waals surface area contributed by atoms with E-state index in [1.807, 2.05) is 0 Å². The summed E-state index contributed by atoms with van der Waals surface area (Å²) in [6.45, 7) is 3.17. The average molecular weight is 203 g/mol. The van der Waals surface area contributed by atoms with E-state index in [2.05, 4.69) is 17.1 Å². The number of nitrogens with one attached hydrogen (secondary N) is 1. The van der Waals surface area contributed by atoms with Crippen LogP contribution < -0.4 is 5.32 Å². The maximum absolute atomic E-state index is 4.99. The molecule has 1 unspecified atom stereocenters. The maximum atomic E-state index is 4.99. The molecule has 1 aliphatic heterocycles. The molecule has 1 heterocycles. The highest BCUT2D eigenvalue weighted by atomic mass is 32.2. The molecule has 1 saturated heterocycles. The van der Waals surface area contributed by atoms with Gasteiger partial charge < -0.3 is 10.1 Å². The fraction of sp³-hybridized carbons (Fsp3) is 1.00. The van der Waals surface area contributed by atoms with Gasteiger partial charge in [-0.15, -0.1) is 0 Å². The molecule has 0 spiro atoms. The summed E-state index contributed by atoms with van der Waals surface area (Å²) in [7, 11) is 1.76. The SMILES string of the molecule is COCCCNCC1CCCCS1. The lowest BCUT2D eigenvalue weighted by atomic mass is 10.2. The summed E-state index contributed by atoms with van der Waals surface area (Å²) in [5, 5.41) is 4.36. The summed E-state index contributed by atoms with van der Waals surface area (Å²) in [4.78, 5) is 0. The van der Waals surface area contributed by atoms with Gasteiger partial charge in [-0.3, -0.25) is 0 Å². The number of ether oxygens (including phenoxy) is 1. The van der Waals surface area contributed by atoms with Gasteiger partial charge in [0.2, 0.25) is 0 Å². The molecule has 1 atom stereocenters. The molecule has 0 bridgehead atoms. The lowest BCUT2D eigenvalue weighted by Crippen LogP contribution is -2.27. The molecule has 0 amide bonds. The Balaban J connectivity index is 1.86. The third-order valence-electron chi connectivity index (χ3n) is 2.35. The van der Waals surface area contributed by atoms with E-state index in [0.29, 0.717) is 0 Å². The third-order valence-corrected chi connectivity index (χ3v) is 3.75. The molecule has 1 rings (SSSR count). The van der Waals surface area contributed by atoms with Crippen molar-refractivity contribution in [3.63, 3.8) is 0 Å². The van der Waals surface area contributed by atoms with E-state index in [4.69, 9.17) is 4.74 Å². The molecule has 0 saturated carbocycles. The molecule has 0 aromatic carbocycles. The van der Waals surface area contributed by atoms with E-state index in [1.54, 1.807) is 7.11 Å². The van der Waals surface area contributed by atoms with E-state index in [9.17, 15) is 0 Å². The van der Waals surface area contributed by atoms with Crippen LogP contribution in [0.25, 0.3) is 0 Å². The molecular formula is C10H21NOS. The van der Waals surface area contributed by atoms with Crippen LogP contribution in [0.5, 0.6) is 0 Å². The predicted molar refractivity (Wildman–Crippen MR) is 59.5 cm³/mol. The topological polar surface area (TPSA) is 21.3 Å². The van der Waals surface area contributed by atoms with Gasteiger partial charge >= 0.3 is 0 Å². The van der Waals surface area contributed by atoms with E-state index in [1.165, 1.54) is 31.6 Å². The standard InChI is InChI=1S/C10H21NOS/c1-12-7-4-6-11-9-10-5-2-3-8-13-10/h10-11H,2-9H2,1H3. The minimum Gasteiger partial charge on any atom is -0.385 e. The smallest absolute Gasteiger partial charge is 0.0474 e. The Bertz CT molecular complexity index is 115. The average Bonchev–Trinajstić information content (AvgIpc) is 2.19. The van der Waals surface area contributed by atoms with Crippen LogP contribution in [-0.2, 0) is 4.74 Å². The van der Waals surface area contributed by atoms with Crippen LogP contribution in [0, 0.1) is 0 Å². The van der Waals surface area contributed by atoms with E-state index in [0.717, 1.165) is 24.8 Å². The highest BCUT2D eigenvalue weighted by molar-refractivity contribution is 7.99. The van der Waals surface area contributed by atoms with Crippen molar-refractivity contribution in [1.82, 2.24) is 5.32 Å². The number of rotatable bonds is 6. The van der Waals surface area contributed by atoms with Crippen LogP contribution in [0.1, 0.15) is 25.7 Å². The highest BCUT2D eigenvalue weighted by Crippen LogP contribution is 2.24. The largest absolute Gasteiger partial charge is 0.385 e. The first-order valence-electron chi connectivity index (χ1n) is 5.24. The fourth-order valence-electron chi connectivity index (χ4n) is 1.57. The molecule has 0 aromatic rings. The van der Waals surface area contributed by atoms with Gasteiger partial charge in [0.25, 0.3) is 0 Å². The summed E-state index contributed by atoms with van der Waals surface area (Å²) >= 11 is 2.13. The summed E-state index contributed by atoms with van der Waals surface area (Å²) in [5.41, 5.74) is 0. The minimum atomic E-state index is 0.872. The van der Waals surface area contributed by atoms with E-state index in [-0.39, 0.29) is 0 Å². The zero-order chi connectivity index (χ0) is 9.36. The predicted octanol–water partition coefficient (Wildman–Crippen LogP) is 1.90. The van der Waals surface area contributed by atoms with Gasteiger partial charge in [0, 0.05) is 25.5 Å². The van der Waals surface area contributed by atoms with Crippen LogP contribution in [0.3, 0.4) is 0 Å². The molecule has 1 aliphatic rings. The quantitative estimate of drug-likeness (QED) is 0.666. The van der Waals surface area contributed by atoms with Gasteiger partial charge in [-0.25, -0.2) is 0 Å². The third kappa shape index (κ3) is 5.55. The molecule has 1 fully saturated rings. The lowest BCUT2D eigenvalue weighted by Gasteiger charge is -2.21. The molecule has 0 aromatic heterocycles. The van der Waals surface area contributed by atoms with Crippen molar-refractivity contribution < 1.29 is 4.74 Å². The van der Waals surface area contributed by atoms with Gasteiger partial charge in [0.15, 0.2) is 0 Å². The van der Waals surface area contributed by atoms with Crippen molar-refractivity contribution in [2.75, 3.05) is 32.6 Å². The first kappa shape index (κ1) is 11.3. The highest BCUT2D eigenvalue weighted by Gasteiger charge is 2.12. The number of hydrogen-bond donors (Lipinski definition) is 1. The molecule has 0 aliphatic carbocycles. The molecule has 2 nitrogen and oxygen atoms in total. The van der Waals surface area contributed by atoms with Crippen LogP contribution in [0.15, 0.2) is 0 Å². The van der Waals surface area contributed by atoms with E-state index < -0.39 is 0 Å². The van der Waals surface area contributed by atoms with Crippen LogP contribution in [-0.4, -0.2) is 37.8 Å². The molecule has 3 heteroatoms.